The summed E-state index contributed by atoms with van der Waals surface area (Å²) in [5.74, 6) is -0.922. The number of hydrogen-bond donors (Lipinski definition) is 3. The van der Waals surface area contributed by atoms with Crippen LogP contribution in [0.5, 0.6) is 0 Å². The standard InChI is InChI=1S/C8H17N3O2/c1-4(2)6(8(10)13)11-5(3)7(9)12/h4-6,11H,1-3H3,(H2,9,12)(H2,10,13). The summed E-state index contributed by atoms with van der Waals surface area (Å²) in [6, 6.07) is -1.05. The van der Waals surface area contributed by atoms with E-state index in [-0.39, 0.29) is 5.92 Å². The summed E-state index contributed by atoms with van der Waals surface area (Å²) in [6.45, 7) is 5.28. The average Bonchev–Trinajstić information content (AvgIpc) is 1.97. The van der Waals surface area contributed by atoms with Gasteiger partial charge in [-0.3, -0.25) is 14.9 Å². The highest BCUT2D eigenvalue weighted by Crippen LogP contribution is 2.01. The van der Waals surface area contributed by atoms with Gasteiger partial charge in [0.2, 0.25) is 11.8 Å². The van der Waals surface area contributed by atoms with Crippen LogP contribution in [0.4, 0.5) is 0 Å². The molecule has 0 aromatic carbocycles. The summed E-state index contributed by atoms with van der Waals surface area (Å²) in [6.07, 6.45) is 0. The maximum absolute atomic E-state index is 10.9. The largest absolute Gasteiger partial charge is 0.368 e. The monoisotopic (exact) mass is 187 g/mol. The van der Waals surface area contributed by atoms with E-state index in [1.165, 1.54) is 0 Å². The van der Waals surface area contributed by atoms with Crippen LogP contribution in [0, 0.1) is 5.92 Å². The second-order valence-corrected chi connectivity index (χ2v) is 3.41. The Morgan fingerprint density at radius 1 is 1.08 bits per heavy atom. The lowest BCUT2D eigenvalue weighted by Crippen LogP contribution is -2.52. The van der Waals surface area contributed by atoms with Gasteiger partial charge in [-0.1, -0.05) is 13.8 Å². The van der Waals surface area contributed by atoms with Gasteiger partial charge in [-0.2, -0.15) is 0 Å². The Morgan fingerprint density at radius 3 is 1.77 bits per heavy atom. The third kappa shape index (κ3) is 3.89. The third-order valence-corrected chi connectivity index (χ3v) is 1.83. The van der Waals surface area contributed by atoms with Crippen molar-refractivity contribution in [3.05, 3.63) is 0 Å². The molecule has 0 aliphatic heterocycles. The fourth-order valence-corrected chi connectivity index (χ4v) is 0.955. The van der Waals surface area contributed by atoms with Crippen molar-refractivity contribution in [3.8, 4) is 0 Å². The highest BCUT2D eigenvalue weighted by atomic mass is 16.2. The van der Waals surface area contributed by atoms with Gasteiger partial charge in [0.05, 0.1) is 12.1 Å². The summed E-state index contributed by atoms with van der Waals surface area (Å²) in [5, 5.41) is 2.77. The lowest BCUT2D eigenvalue weighted by atomic mass is 10.0. The van der Waals surface area contributed by atoms with Crippen molar-refractivity contribution < 1.29 is 9.59 Å². The summed E-state index contributed by atoms with van der Waals surface area (Å²) in [7, 11) is 0. The van der Waals surface area contributed by atoms with E-state index >= 15 is 0 Å². The lowest BCUT2D eigenvalue weighted by Gasteiger charge is -2.21. The van der Waals surface area contributed by atoms with E-state index in [0.29, 0.717) is 0 Å². The smallest absolute Gasteiger partial charge is 0.234 e. The number of primary amides is 2. The zero-order valence-electron chi connectivity index (χ0n) is 8.20. The van der Waals surface area contributed by atoms with Crippen molar-refractivity contribution in [1.29, 1.82) is 0 Å². The van der Waals surface area contributed by atoms with Gasteiger partial charge in [0.25, 0.3) is 0 Å². The molecular formula is C8H17N3O2. The van der Waals surface area contributed by atoms with Crippen LogP contribution < -0.4 is 16.8 Å². The van der Waals surface area contributed by atoms with Crippen molar-refractivity contribution in [2.24, 2.45) is 17.4 Å². The number of nitrogens with one attached hydrogen (secondary N) is 1. The van der Waals surface area contributed by atoms with Crippen molar-refractivity contribution >= 4 is 11.8 Å². The fraction of sp³-hybridized carbons (Fsp3) is 0.750. The van der Waals surface area contributed by atoms with E-state index in [1.54, 1.807) is 6.92 Å². The Balaban J connectivity index is 4.27. The first-order valence-electron chi connectivity index (χ1n) is 4.21. The molecule has 2 unspecified atom stereocenters. The molecule has 0 saturated heterocycles. The topological polar surface area (TPSA) is 98.2 Å². The molecule has 2 atom stereocenters. The van der Waals surface area contributed by atoms with E-state index in [9.17, 15) is 9.59 Å². The number of hydrogen-bond acceptors (Lipinski definition) is 3. The van der Waals surface area contributed by atoms with Crippen molar-refractivity contribution in [1.82, 2.24) is 5.32 Å². The van der Waals surface area contributed by atoms with Crippen LogP contribution in [0.2, 0.25) is 0 Å². The van der Waals surface area contributed by atoms with Crippen LogP contribution in [0.1, 0.15) is 20.8 Å². The Kier molecular flexibility index (Phi) is 4.40. The minimum atomic E-state index is -0.542. The predicted octanol–water partition coefficient (Wildman–Crippen LogP) is -1.04. The highest BCUT2D eigenvalue weighted by molar-refractivity contribution is 5.83. The van der Waals surface area contributed by atoms with Gasteiger partial charge in [-0.05, 0) is 12.8 Å². The van der Waals surface area contributed by atoms with Gasteiger partial charge in [0.15, 0.2) is 0 Å². The van der Waals surface area contributed by atoms with Gasteiger partial charge >= 0.3 is 0 Å². The minimum Gasteiger partial charge on any atom is -0.368 e. The number of rotatable bonds is 5. The minimum absolute atomic E-state index is 0.0410. The molecule has 0 aromatic heterocycles. The van der Waals surface area contributed by atoms with E-state index in [1.807, 2.05) is 13.8 Å². The Hall–Kier alpha value is -1.10. The molecule has 0 aromatic rings. The molecule has 0 aliphatic carbocycles. The second-order valence-electron chi connectivity index (χ2n) is 3.41. The summed E-state index contributed by atoms with van der Waals surface area (Å²) in [5.41, 5.74) is 10.2. The second kappa shape index (κ2) is 4.81. The number of carbonyl (C=O) groups is 2. The van der Waals surface area contributed by atoms with Gasteiger partial charge in [-0.15, -0.1) is 0 Å². The van der Waals surface area contributed by atoms with Gasteiger partial charge in [0.1, 0.15) is 0 Å². The SMILES string of the molecule is CC(NC(C(N)=O)C(C)C)C(N)=O. The predicted molar refractivity (Wildman–Crippen MR) is 49.6 cm³/mol. The van der Waals surface area contributed by atoms with Crippen LogP contribution in [-0.4, -0.2) is 23.9 Å². The van der Waals surface area contributed by atoms with Crippen LogP contribution in [0.15, 0.2) is 0 Å². The molecule has 5 N–H and O–H groups in total. The molecule has 13 heavy (non-hydrogen) atoms. The van der Waals surface area contributed by atoms with Crippen LogP contribution in [0.3, 0.4) is 0 Å². The fourth-order valence-electron chi connectivity index (χ4n) is 0.955. The maximum atomic E-state index is 10.9. The molecule has 0 aliphatic rings. The summed E-state index contributed by atoms with van der Waals surface area (Å²) >= 11 is 0. The summed E-state index contributed by atoms with van der Waals surface area (Å²) < 4.78 is 0. The maximum Gasteiger partial charge on any atom is 0.234 e. The zero-order chi connectivity index (χ0) is 10.6. The van der Waals surface area contributed by atoms with Crippen LogP contribution >= 0.6 is 0 Å². The molecule has 0 heterocycles. The molecular weight excluding hydrogens is 170 g/mol. The first-order chi connectivity index (χ1) is 5.86. The third-order valence-electron chi connectivity index (χ3n) is 1.83. The lowest BCUT2D eigenvalue weighted by molar-refractivity contribution is -0.122. The van der Waals surface area contributed by atoms with E-state index < -0.39 is 23.9 Å². The Bertz CT molecular complexity index is 204. The molecule has 0 radical (unpaired) electrons. The first kappa shape index (κ1) is 11.9. The van der Waals surface area contributed by atoms with E-state index in [2.05, 4.69) is 5.32 Å². The molecule has 2 amide bonds. The Labute approximate surface area is 77.8 Å². The normalized spacial score (nSPS) is 15.4. The highest BCUT2D eigenvalue weighted by Gasteiger charge is 2.22. The molecule has 5 heteroatoms. The molecule has 0 saturated carbocycles. The van der Waals surface area contributed by atoms with Gasteiger partial charge < -0.3 is 11.5 Å². The Morgan fingerprint density at radius 2 is 1.54 bits per heavy atom. The van der Waals surface area contributed by atoms with Crippen LogP contribution in [-0.2, 0) is 9.59 Å². The summed E-state index contributed by atoms with van der Waals surface area (Å²) in [4.78, 5) is 21.6. The number of amides is 2. The molecule has 76 valence electrons. The van der Waals surface area contributed by atoms with Gasteiger partial charge in [-0.25, -0.2) is 0 Å². The number of carbonyl (C=O) groups excluding carboxylic acids is 2. The molecule has 0 bridgehead atoms. The average molecular weight is 187 g/mol. The van der Waals surface area contributed by atoms with E-state index in [4.69, 9.17) is 11.5 Å². The van der Waals surface area contributed by atoms with Crippen molar-refractivity contribution in [3.63, 3.8) is 0 Å². The molecule has 0 rings (SSSR count). The van der Waals surface area contributed by atoms with Crippen molar-refractivity contribution in [2.45, 2.75) is 32.9 Å². The van der Waals surface area contributed by atoms with Crippen molar-refractivity contribution in [2.75, 3.05) is 0 Å². The molecule has 0 fully saturated rings. The quantitative estimate of drug-likeness (QED) is 0.512. The molecule has 0 spiro atoms. The molecule has 5 nitrogen and oxygen atoms in total. The van der Waals surface area contributed by atoms with E-state index in [0.717, 1.165) is 0 Å². The number of nitrogens with two attached hydrogens (primary N) is 2. The first-order valence-corrected chi connectivity index (χ1v) is 4.21. The van der Waals surface area contributed by atoms with Gasteiger partial charge in [0, 0.05) is 0 Å². The van der Waals surface area contributed by atoms with Crippen LogP contribution in [0.25, 0.3) is 0 Å². The zero-order valence-corrected chi connectivity index (χ0v) is 8.20.